The van der Waals surface area contributed by atoms with Crippen LogP contribution in [0.25, 0.3) is 10.9 Å². The largest absolute Gasteiger partial charge is 0.426 e. The van der Waals surface area contributed by atoms with Crippen LogP contribution in [-0.2, 0) is 4.79 Å². The number of nitro benzene ring substituents is 1. The van der Waals surface area contributed by atoms with Crippen molar-refractivity contribution in [3.63, 3.8) is 0 Å². The molecular formula is C23H22N4O5. The van der Waals surface area contributed by atoms with E-state index in [0.717, 1.165) is 32.1 Å². The van der Waals surface area contributed by atoms with Crippen molar-refractivity contribution in [3.8, 4) is 5.75 Å². The van der Waals surface area contributed by atoms with E-state index in [1.165, 1.54) is 36.0 Å². The zero-order valence-electron chi connectivity index (χ0n) is 17.6. The van der Waals surface area contributed by atoms with Gasteiger partial charge in [0.25, 0.3) is 11.2 Å². The van der Waals surface area contributed by atoms with Crippen LogP contribution in [0.4, 0.5) is 5.69 Å². The number of carbonyl (C=O) groups excluding carboxylic acids is 1. The second-order valence-electron chi connectivity index (χ2n) is 7.76. The highest BCUT2D eigenvalue weighted by Crippen LogP contribution is 2.32. The highest BCUT2D eigenvalue weighted by Gasteiger charge is 2.22. The Morgan fingerprint density at radius 1 is 1.22 bits per heavy atom. The van der Waals surface area contributed by atoms with Gasteiger partial charge in [0.1, 0.15) is 11.6 Å². The highest BCUT2D eigenvalue weighted by molar-refractivity contribution is 5.86. The molecule has 32 heavy (non-hydrogen) atoms. The van der Waals surface area contributed by atoms with Crippen LogP contribution in [-0.4, -0.2) is 26.8 Å². The number of hydrogen-bond acceptors (Lipinski definition) is 7. The highest BCUT2D eigenvalue weighted by atomic mass is 16.6. The molecule has 1 aromatic heterocycles. The summed E-state index contributed by atoms with van der Waals surface area (Å²) in [5, 5.41) is 16.0. The van der Waals surface area contributed by atoms with Gasteiger partial charge >= 0.3 is 5.97 Å². The average molecular weight is 434 g/mol. The maximum Gasteiger partial charge on any atom is 0.308 e. The van der Waals surface area contributed by atoms with Crippen molar-refractivity contribution in [3.05, 3.63) is 74.3 Å². The summed E-state index contributed by atoms with van der Waals surface area (Å²) in [5.74, 6) is 0.217. The van der Waals surface area contributed by atoms with Crippen LogP contribution in [0.3, 0.4) is 0 Å². The van der Waals surface area contributed by atoms with E-state index < -0.39 is 10.9 Å². The first kappa shape index (κ1) is 21.4. The van der Waals surface area contributed by atoms with E-state index in [0.29, 0.717) is 16.7 Å². The van der Waals surface area contributed by atoms with Crippen LogP contribution in [0.15, 0.2) is 52.4 Å². The van der Waals surface area contributed by atoms with Crippen LogP contribution >= 0.6 is 0 Å². The summed E-state index contributed by atoms with van der Waals surface area (Å²) in [6.45, 7) is 1.24. The number of nitro groups is 1. The van der Waals surface area contributed by atoms with Gasteiger partial charge in [0.2, 0.25) is 0 Å². The third kappa shape index (κ3) is 4.41. The molecule has 0 radical (unpaired) electrons. The number of aromatic nitrogens is 2. The van der Waals surface area contributed by atoms with Crippen LogP contribution < -0.4 is 10.3 Å². The third-order valence-electron chi connectivity index (χ3n) is 5.52. The molecule has 4 rings (SSSR count). The Kier molecular flexibility index (Phi) is 6.07. The summed E-state index contributed by atoms with van der Waals surface area (Å²) in [6.07, 6.45) is 6.38. The maximum absolute atomic E-state index is 13.3. The summed E-state index contributed by atoms with van der Waals surface area (Å²) in [5.41, 5.74) is 0.329. The summed E-state index contributed by atoms with van der Waals surface area (Å²) < 4.78 is 6.43. The van der Waals surface area contributed by atoms with E-state index in [1.807, 2.05) is 6.07 Å². The summed E-state index contributed by atoms with van der Waals surface area (Å²) in [4.78, 5) is 40.1. The van der Waals surface area contributed by atoms with Gasteiger partial charge in [-0.1, -0.05) is 31.4 Å². The zero-order valence-corrected chi connectivity index (χ0v) is 17.6. The molecule has 0 atom stereocenters. The van der Waals surface area contributed by atoms with Crippen molar-refractivity contribution in [1.29, 1.82) is 0 Å². The third-order valence-corrected chi connectivity index (χ3v) is 5.52. The lowest BCUT2D eigenvalue weighted by Crippen LogP contribution is -2.25. The number of carbonyl (C=O) groups is 1. The second-order valence-corrected chi connectivity index (χ2v) is 7.76. The molecule has 1 aliphatic carbocycles. The minimum absolute atomic E-state index is 0.0938. The number of fused-ring (bicyclic) bond motifs is 1. The van der Waals surface area contributed by atoms with Crippen LogP contribution in [0.1, 0.15) is 56.3 Å². The number of rotatable bonds is 5. The minimum atomic E-state index is -0.569. The molecule has 0 bridgehead atoms. The van der Waals surface area contributed by atoms with Crippen molar-refractivity contribution in [2.45, 2.75) is 44.9 Å². The number of esters is 1. The van der Waals surface area contributed by atoms with Crippen molar-refractivity contribution in [1.82, 2.24) is 9.66 Å². The van der Waals surface area contributed by atoms with E-state index in [9.17, 15) is 19.7 Å². The van der Waals surface area contributed by atoms with Gasteiger partial charge in [0, 0.05) is 30.5 Å². The smallest absolute Gasteiger partial charge is 0.308 e. The molecule has 3 aromatic rings. The molecule has 1 aliphatic rings. The van der Waals surface area contributed by atoms with Gasteiger partial charge in [-0.25, -0.2) is 4.98 Å². The standard InChI is InChI=1S/C23H22N4O5/c1-15(28)32-21-12-11-18(27(30)31)13-17(21)14-24-26-22(16-7-3-2-4-8-16)25-20-10-6-5-9-19(20)23(26)29/h5-6,9-14,16H,2-4,7-8H2,1H3. The van der Waals surface area contributed by atoms with Crippen molar-refractivity contribution >= 4 is 28.8 Å². The molecule has 0 unspecified atom stereocenters. The molecule has 0 amide bonds. The Bertz CT molecular complexity index is 1280. The number of ether oxygens (including phenoxy) is 1. The Morgan fingerprint density at radius 2 is 1.97 bits per heavy atom. The van der Waals surface area contributed by atoms with Gasteiger partial charge in [-0.2, -0.15) is 9.78 Å². The summed E-state index contributed by atoms with van der Waals surface area (Å²) >= 11 is 0. The molecular weight excluding hydrogens is 412 g/mol. The maximum atomic E-state index is 13.3. The molecule has 0 N–H and O–H groups in total. The molecule has 1 fully saturated rings. The number of hydrogen-bond donors (Lipinski definition) is 0. The van der Waals surface area contributed by atoms with Gasteiger partial charge in [0.15, 0.2) is 0 Å². The summed E-state index contributed by atoms with van der Waals surface area (Å²) in [6, 6.07) is 10.9. The molecule has 2 aromatic carbocycles. The first-order valence-corrected chi connectivity index (χ1v) is 10.5. The van der Waals surface area contributed by atoms with Gasteiger partial charge < -0.3 is 4.74 Å². The number of para-hydroxylation sites is 1. The number of nitrogens with zero attached hydrogens (tertiary/aromatic N) is 4. The quantitative estimate of drug-likeness (QED) is 0.196. The molecule has 0 spiro atoms. The lowest BCUT2D eigenvalue weighted by Gasteiger charge is -2.22. The van der Waals surface area contributed by atoms with Crippen LogP contribution in [0.2, 0.25) is 0 Å². The van der Waals surface area contributed by atoms with E-state index in [4.69, 9.17) is 9.72 Å². The van der Waals surface area contributed by atoms with Gasteiger partial charge in [-0.3, -0.25) is 19.7 Å². The van der Waals surface area contributed by atoms with Gasteiger partial charge in [-0.05, 0) is 31.0 Å². The van der Waals surface area contributed by atoms with E-state index in [2.05, 4.69) is 5.10 Å². The van der Waals surface area contributed by atoms with Gasteiger partial charge in [0.05, 0.1) is 22.0 Å². The zero-order chi connectivity index (χ0) is 22.7. The first-order chi connectivity index (χ1) is 15.4. The molecule has 9 nitrogen and oxygen atoms in total. The molecule has 0 saturated heterocycles. The molecule has 164 valence electrons. The monoisotopic (exact) mass is 434 g/mol. The van der Waals surface area contributed by atoms with E-state index in [-0.39, 0.29) is 28.5 Å². The Labute approximate surface area is 183 Å². The number of benzene rings is 2. The fraction of sp³-hybridized carbons (Fsp3) is 0.304. The molecule has 9 heteroatoms. The van der Waals surface area contributed by atoms with E-state index in [1.54, 1.807) is 18.2 Å². The van der Waals surface area contributed by atoms with Crippen molar-refractivity contribution < 1.29 is 14.5 Å². The minimum Gasteiger partial charge on any atom is -0.426 e. The van der Waals surface area contributed by atoms with E-state index >= 15 is 0 Å². The predicted octanol–water partition coefficient (Wildman–Crippen LogP) is 4.16. The predicted molar refractivity (Wildman–Crippen MR) is 119 cm³/mol. The molecule has 0 aliphatic heterocycles. The van der Waals surface area contributed by atoms with Crippen LogP contribution in [0.5, 0.6) is 5.75 Å². The normalized spacial score (nSPS) is 14.7. The van der Waals surface area contributed by atoms with Gasteiger partial charge in [-0.15, -0.1) is 0 Å². The lowest BCUT2D eigenvalue weighted by atomic mass is 9.88. The SMILES string of the molecule is CC(=O)Oc1ccc([N+](=O)[O-])cc1C=Nn1c(C2CCCCC2)nc2ccccc2c1=O. The topological polar surface area (TPSA) is 117 Å². The van der Waals surface area contributed by atoms with Crippen molar-refractivity contribution in [2.24, 2.45) is 5.10 Å². The van der Waals surface area contributed by atoms with Crippen molar-refractivity contribution in [2.75, 3.05) is 0 Å². The first-order valence-electron chi connectivity index (χ1n) is 10.5. The Hall–Kier alpha value is -3.88. The van der Waals surface area contributed by atoms with Crippen LogP contribution in [0, 0.1) is 10.1 Å². The second kappa shape index (κ2) is 9.09. The number of non-ortho nitro benzene ring substituents is 1. The Morgan fingerprint density at radius 3 is 2.69 bits per heavy atom. The fourth-order valence-electron chi connectivity index (χ4n) is 4.00. The fourth-order valence-corrected chi connectivity index (χ4v) is 4.00. The average Bonchev–Trinajstić information content (AvgIpc) is 2.79. The molecule has 1 heterocycles. The lowest BCUT2D eigenvalue weighted by molar-refractivity contribution is -0.384. The summed E-state index contributed by atoms with van der Waals surface area (Å²) in [7, 11) is 0. The Balaban J connectivity index is 1.85. The molecule has 1 saturated carbocycles.